The minimum absolute atomic E-state index is 0.0926. The number of hydrogen-bond acceptors (Lipinski definition) is 11. The summed E-state index contributed by atoms with van der Waals surface area (Å²) >= 11 is 23.0. The summed E-state index contributed by atoms with van der Waals surface area (Å²) in [4.78, 5) is 60.4. The molecule has 2 aromatic heterocycles. The molecule has 0 aliphatic carbocycles. The molecule has 0 aliphatic rings. The molecule has 0 bridgehead atoms. The van der Waals surface area contributed by atoms with Crippen LogP contribution in [0.15, 0.2) is 35.3 Å². The van der Waals surface area contributed by atoms with E-state index in [0.29, 0.717) is 27.7 Å². The molecule has 0 radical (unpaired) electrons. The molecule has 18 nitrogen and oxygen atoms in total. The second-order valence-electron chi connectivity index (χ2n) is 11.5. The third-order valence-electron chi connectivity index (χ3n) is 6.31. The van der Waals surface area contributed by atoms with Gasteiger partial charge in [0.2, 0.25) is 5.82 Å². The van der Waals surface area contributed by atoms with E-state index in [9.17, 15) is 60.3 Å². The lowest BCUT2D eigenvalue weighted by Gasteiger charge is -2.14. The van der Waals surface area contributed by atoms with Crippen molar-refractivity contribution >= 4 is 88.3 Å². The molecule has 4 aromatic rings. The second kappa shape index (κ2) is 22.5. The van der Waals surface area contributed by atoms with Gasteiger partial charge in [0.05, 0.1) is 52.1 Å². The van der Waals surface area contributed by atoms with Gasteiger partial charge in [0.15, 0.2) is 5.82 Å². The molecule has 6 N–H and O–H groups in total. The van der Waals surface area contributed by atoms with Crippen molar-refractivity contribution in [3.05, 3.63) is 88.9 Å². The molecule has 2 heterocycles. The standard InChI is InChI=1S/C13H10Cl2F3N3O3.C10H5Cl2F3N4O2.C3H8NO5P.C3H9S/c1-5-19-21(13(24)20(5)12(17)18)10-3-6(2-8(15)11(22)23)7(14)4-9(10)16;11-5-1-4(10(13,14)15)2-6(12)8(5)18-9(16)7(3-17-18)19(20)21;5-3(6)1-4-2-10(7,8)9;1-4(2)3/h3-4,8,12H,2H2,1H3,(H,22,23);1-3H,16H2;4H,1-2H2,(H,5,6)(H2,7,8,9);1-3H3/q;;;+1/p-1. The van der Waals surface area contributed by atoms with E-state index in [4.69, 9.17) is 67.2 Å². The summed E-state index contributed by atoms with van der Waals surface area (Å²) in [6, 6.07) is 3.16. The molecule has 59 heavy (non-hydrogen) atoms. The van der Waals surface area contributed by atoms with Crippen LogP contribution in [0.2, 0.25) is 15.1 Å². The number of anilines is 1. The number of carboxylic acid groups (broad SMARTS) is 2. The van der Waals surface area contributed by atoms with Crippen LogP contribution in [0.1, 0.15) is 23.5 Å². The lowest BCUT2D eigenvalue weighted by molar-refractivity contribution is -0.383. The Bertz CT molecular complexity index is 2220. The number of carboxylic acids is 2. The Hall–Kier alpha value is -4.07. The molecule has 0 amide bonds. The Kier molecular flexibility index (Phi) is 20.2. The van der Waals surface area contributed by atoms with Gasteiger partial charge in [-0.1, -0.05) is 34.8 Å². The number of hydrogen-bond donors (Lipinski definition) is 5. The molecule has 2 unspecified atom stereocenters. The van der Waals surface area contributed by atoms with Gasteiger partial charge in [-0.2, -0.15) is 31.7 Å². The average molecular weight is 970 g/mol. The molecular formula is C29H31Cl4F6N8O10PS. The zero-order chi connectivity index (χ0) is 45.9. The average Bonchev–Trinajstić information content (AvgIpc) is 3.58. The van der Waals surface area contributed by atoms with Gasteiger partial charge in [-0.25, -0.2) is 18.4 Å². The number of aromatic nitrogens is 5. The van der Waals surface area contributed by atoms with Crippen LogP contribution in [0.25, 0.3) is 11.4 Å². The Balaban J connectivity index is 0.000000452. The summed E-state index contributed by atoms with van der Waals surface area (Å²) in [6.07, 6.45) is 1.83. The zero-order valence-electron chi connectivity index (χ0n) is 30.3. The van der Waals surface area contributed by atoms with Crippen molar-refractivity contribution in [3.63, 3.8) is 0 Å². The largest absolute Gasteiger partial charge is 0.778 e. The number of nitrogen functional groups attached to an aromatic ring is 1. The third-order valence-corrected chi connectivity index (χ3v) is 8.21. The van der Waals surface area contributed by atoms with Crippen molar-refractivity contribution in [2.45, 2.75) is 31.4 Å². The number of nitro groups is 1. The predicted octanol–water partition coefficient (Wildman–Crippen LogP) is 5.11. The molecule has 30 heteroatoms. The molecule has 328 valence electrons. The van der Waals surface area contributed by atoms with E-state index in [-0.39, 0.29) is 43.1 Å². The quantitative estimate of drug-likeness (QED) is 0.0327. The maximum atomic E-state index is 14.1. The van der Waals surface area contributed by atoms with Gasteiger partial charge in [-0.05, 0) is 47.6 Å². The van der Waals surface area contributed by atoms with Gasteiger partial charge >= 0.3 is 36.0 Å². The summed E-state index contributed by atoms with van der Waals surface area (Å²) in [5.41, 5.74) is 2.24. The number of rotatable bonds is 11. The van der Waals surface area contributed by atoms with Crippen molar-refractivity contribution in [2.75, 3.05) is 37.3 Å². The number of nitrogens with two attached hydrogens (primary N) is 1. The van der Waals surface area contributed by atoms with Crippen LogP contribution in [-0.4, -0.2) is 93.1 Å². The summed E-state index contributed by atoms with van der Waals surface area (Å²) in [5, 5.41) is 34.5. The fourth-order valence-corrected chi connectivity index (χ4v) is 5.38. The second-order valence-corrected chi connectivity index (χ2v) is 17.3. The van der Waals surface area contributed by atoms with Crippen LogP contribution in [0.3, 0.4) is 0 Å². The molecule has 0 spiro atoms. The number of alkyl halides is 6. The van der Waals surface area contributed by atoms with Crippen molar-refractivity contribution in [3.8, 4) is 11.4 Å². The van der Waals surface area contributed by atoms with Crippen LogP contribution in [-0.2, 0) is 37.6 Å². The maximum Gasteiger partial charge on any atom is 0.416 e. The minimum atomic E-state index is -4.63. The number of nitrogens with one attached hydrogen (secondary N) is 1. The number of aryl methyl sites for hydroxylation is 1. The van der Waals surface area contributed by atoms with E-state index in [0.717, 1.165) is 29.9 Å². The van der Waals surface area contributed by atoms with Crippen LogP contribution in [0.4, 0.5) is 37.8 Å². The number of carbonyl (C=O) groups is 2. The van der Waals surface area contributed by atoms with Crippen molar-refractivity contribution in [1.82, 2.24) is 29.4 Å². The van der Waals surface area contributed by atoms with E-state index in [2.05, 4.69) is 29.0 Å². The highest BCUT2D eigenvalue weighted by molar-refractivity contribution is 7.94. The Morgan fingerprint density at radius 1 is 1.07 bits per heavy atom. The van der Waals surface area contributed by atoms with Gasteiger partial charge < -0.3 is 30.3 Å². The van der Waals surface area contributed by atoms with Crippen LogP contribution < -0.4 is 21.6 Å². The highest BCUT2D eigenvalue weighted by Crippen LogP contribution is 2.39. The van der Waals surface area contributed by atoms with E-state index in [1.54, 1.807) is 0 Å². The van der Waals surface area contributed by atoms with E-state index in [1.165, 1.54) is 0 Å². The highest BCUT2D eigenvalue weighted by Gasteiger charge is 2.33. The number of benzene rings is 2. The Labute approximate surface area is 351 Å². The number of nitrogens with zero attached hydrogens (tertiary/aromatic N) is 6. The predicted molar refractivity (Wildman–Crippen MR) is 205 cm³/mol. The fourth-order valence-electron chi connectivity index (χ4n) is 3.94. The maximum absolute atomic E-state index is 14.1. The minimum Gasteiger partial charge on any atom is -0.778 e. The molecule has 4 rings (SSSR count). The normalized spacial score (nSPS) is 12.6. The molecule has 0 saturated carbocycles. The van der Waals surface area contributed by atoms with Crippen LogP contribution in [0.5, 0.6) is 0 Å². The van der Waals surface area contributed by atoms with E-state index >= 15 is 0 Å². The monoisotopic (exact) mass is 968 g/mol. The van der Waals surface area contributed by atoms with E-state index in [1.807, 2.05) is 5.32 Å². The highest BCUT2D eigenvalue weighted by atomic mass is 35.5. The van der Waals surface area contributed by atoms with Crippen molar-refractivity contribution in [2.24, 2.45) is 0 Å². The van der Waals surface area contributed by atoms with Gasteiger partial charge in [0.1, 0.15) is 36.4 Å². The van der Waals surface area contributed by atoms with Crippen molar-refractivity contribution in [1.29, 1.82) is 0 Å². The summed E-state index contributed by atoms with van der Waals surface area (Å²) in [7, 11) is -3.71. The molecule has 0 saturated heterocycles. The van der Waals surface area contributed by atoms with E-state index < -0.39 is 89.7 Å². The molecule has 0 aliphatic heterocycles. The molecule has 2 aromatic carbocycles. The van der Waals surface area contributed by atoms with Gasteiger partial charge in [-0.3, -0.25) is 25.0 Å². The summed E-state index contributed by atoms with van der Waals surface area (Å²) in [5.74, 6) is -4.18. The van der Waals surface area contributed by atoms with Crippen molar-refractivity contribution < 1.29 is 65.4 Å². The Morgan fingerprint density at radius 3 is 1.98 bits per heavy atom. The first kappa shape index (κ1) is 52.9. The van der Waals surface area contributed by atoms with Crippen LogP contribution >= 0.6 is 54.0 Å². The SMILES string of the molecule is C[S+](C)C.Cc1nn(-c2cc(CC(Cl)C(=O)O)c(Cl)cc2F)c(=O)n1C(F)F.Nc1c([N+](=O)[O-])cnn1-c1c(Cl)cc(C(F)(F)F)cc1Cl.O=C(O)CNCP(=O)([O-])O. The summed E-state index contributed by atoms with van der Waals surface area (Å²) in [6.45, 7) is -2.45. The first-order valence-corrected chi connectivity index (χ1v) is 21.0. The smallest absolute Gasteiger partial charge is 0.416 e. The van der Waals surface area contributed by atoms with Gasteiger partial charge in [0, 0.05) is 11.4 Å². The number of aliphatic carboxylic acids is 2. The fraction of sp³-hybridized carbons (Fsp3) is 0.345. The zero-order valence-corrected chi connectivity index (χ0v) is 35.0. The van der Waals surface area contributed by atoms with Gasteiger partial charge in [-0.15, -0.1) is 16.7 Å². The first-order valence-electron chi connectivity index (χ1n) is 15.2. The lowest BCUT2D eigenvalue weighted by Crippen LogP contribution is -2.25. The summed E-state index contributed by atoms with van der Waals surface area (Å²) < 4.78 is 88.9. The Morgan fingerprint density at radius 2 is 1.59 bits per heavy atom. The van der Waals surface area contributed by atoms with Gasteiger partial charge in [0.25, 0.3) is 0 Å². The third kappa shape index (κ3) is 16.5. The topological polar surface area (TPSA) is 274 Å². The molecule has 0 fully saturated rings. The molecular weight excluding hydrogens is 939 g/mol. The lowest BCUT2D eigenvalue weighted by atomic mass is 10.1. The number of halogens is 10. The van der Waals surface area contributed by atoms with Crippen LogP contribution in [0, 0.1) is 22.9 Å². The first-order chi connectivity index (χ1) is 26.9. The molecule has 2 atom stereocenters.